The molecule has 1 aliphatic rings. The van der Waals surface area contributed by atoms with Crippen LogP contribution in [0.1, 0.15) is 21.8 Å². The number of benzene rings is 1. The van der Waals surface area contributed by atoms with Crippen molar-refractivity contribution in [3.05, 3.63) is 69.6 Å². The Morgan fingerprint density at radius 2 is 2.03 bits per heavy atom. The quantitative estimate of drug-likeness (QED) is 0.455. The summed E-state index contributed by atoms with van der Waals surface area (Å²) in [5.74, 6) is 0.261. The van der Waals surface area contributed by atoms with E-state index in [4.69, 9.17) is 4.74 Å². The largest absolute Gasteiger partial charge is 0.494 e. The summed E-state index contributed by atoms with van der Waals surface area (Å²) in [5, 5.41) is 1.38. The van der Waals surface area contributed by atoms with Crippen LogP contribution in [0.4, 0.5) is 0 Å². The van der Waals surface area contributed by atoms with Crippen LogP contribution in [0.3, 0.4) is 0 Å². The number of rotatable bonds is 5. The van der Waals surface area contributed by atoms with Gasteiger partial charge in [-0.05, 0) is 38.2 Å². The SMILES string of the molecule is COc1c(C(=O)N(C)C2CCN(C)C2)sc2c1c(=O)n(Cc1ccccn1)c1ccccc21. The minimum Gasteiger partial charge on any atom is -0.494 e. The van der Waals surface area contributed by atoms with Gasteiger partial charge in [0.05, 0.1) is 29.6 Å². The molecule has 4 heterocycles. The van der Waals surface area contributed by atoms with Gasteiger partial charge in [-0.25, -0.2) is 0 Å². The first-order valence-corrected chi connectivity index (χ1v) is 11.8. The number of likely N-dealkylation sites (N-methyl/N-ethyl adjacent to an activating group) is 2. The standard InChI is InChI=1S/C25H26N4O3S/c1-27-13-11-17(15-27)28(2)25(31)23-21(32-3)20-22(33-23)18-9-4-5-10-19(18)29(24(20)30)14-16-8-6-7-12-26-16/h4-10,12,17H,11,13-15H2,1-3H3. The fourth-order valence-corrected chi connectivity index (χ4v) is 5.92. The highest BCUT2D eigenvalue weighted by molar-refractivity contribution is 7.22. The van der Waals surface area contributed by atoms with Crippen molar-refractivity contribution in [2.45, 2.75) is 19.0 Å². The van der Waals surface area contributed by atoms with E-state index in [0.29, 0.717) is 22.6 Å². The number of aromatic nitrogens is 2. The third kappa shape index (κ3) is 3.69. The van der Waals surface area contributed by atoms with Gasteiger partial charge in [-0.2, -0.15) is 0 Å². The van der Waals surface area contributed by atoms with Crippen molar-refractivity contribution < 1.29 is 9.53 Å². The highest BCUT2D eigenvalue weighted by atomic mass is 32.1. The Labute approximate surface area is 195 Å². The Kier molecular flexibility index (Phi) is 5.64. The van der Waals surface area contributed by atoms with Crippen LogP contribution < -0.4 is 10.3 Å². The van der Waals surface area contributed by atoms with Gasteiger partial charge in [-0.15, -0.1) is 11.3 Å². The van der Waals surface area contributed by atoms with E-state index in [1.165, 1.54) is 18.4 Å². The lowest BCUT2D eigenvalue weighted by Gasteiger charge is -2.24. The number of amides is 1. The molecule has 0 aliphatic carbocycles. The molecule has 7 nitrogen and oxygen atoms in total. The van der Waals surface area contributed by atoms with Crippen LogP contribution in [0.25, 0.3) is 21.0 Å². The second-order valence-corrected chi connectivity index (χ2v) is 9.54. The number of hydrogen-bond acceptors (Lipinski definition) is 6. The monoisotopic (exact) mass is 462 g/mol. The number of hydrogen-bond donors (Lipinski definition) is 0. The molecule has 8 heteroatoms. The molecule has 1 fully saturated rings. The van der Waals surface area contributed by atoms with E-state index in [1.807, 2.05) is 49.5 Å². The van der Waals surface area contributed by atoms with Crippen LogP contribution in [-0.2, 0) is 6.54 Å². The number of methoxy groups -OCH3 is 1. The van der Waals surface area contributed by atoms with Crippen LogP contribution >= 0.6 is 11.3 Å². The zero-order valence-corrected chi connectivity index (χ0v) is 19.8. The molecule has 1 saturated heterocycles. The number of nitrogens with zero attached hydrogens (tertiary/aromatic N) is 4. The third-order valence-electron chi connectivity index (χ3n) is 6.44. The number of fused-ring (bicyclic) bond motifs is 3. The molecule has 33 heavy (non-hydrogen) atoms. The minimum atomic E-state index is -0.176. The summed E-state index contributed by atoms with van der Waals surface area (Å²) in [6, 6.07) is 13.6. The Bertz CT molecular complexity index is 1400. The molecule has 1 amide bonds. The summed E-state index contributed by atoms with van der Waals surface area (Å²) in [7, 11) is 5.43. The van der Waals surface area contributed by atoms with Crippen molar-refractivity contribution in [3.8, 4) is 5.75 Å². The third-order valence-corrected chi connectivity index (χ3v) is 7.63. The fourth-order valence-electron chi connectivity index (χ4n) is 4.65. The van der Waals surface area contributed by atoms with Crippen molar-refractivity contribution in [1.29, 1.82) is 0 Å². The summed E-state index contributed by atoms with van der Waals surface area (Å²) >= 11 is 1.34. The number of likely N-dealkylation sites (tertiary alicyclic amines) is 1. The first kappa shape index (κ1) is 21.6. The van der Waals surface area contributed by atoms with Gasteiger partial charge in [0.1, 0.15) is 10.3 Å². The smallest absolute Gasteiger partial charge is 0.267 e. The van der Waals surface area contributed by atoms with Crippen LogP contribution in [0.15, 0.2) is 53.5 Å². The molecule has 0 N–H and O–H groups in total. The summed E-state index contributed by atoms with van der Waals surface area (Å²) < 4.78 is 8.22. The normalized spacial score (nSPS) is 16.5. The van der Waals surface area contributed by atoms with Crippen LogP contribution in [-0.4, -0.2) is 65.6 Å². The number of para-hydroxylation sites is 1. The van der Waals surface area contributed by atoms with E-state index >= 15 is 0 Å². The van der Waals surface area contributed by atoms with Gasteiger partial charge in [0.25, 0.3) is 11.5 Å². The van der Waals surface area contributed by atoms with Crippen molar-refractivity contribution in [2.24, 2.45) is 0 Å². The van der Waals surface area contributed by atoms with Crippen molar-refractivity contribution in [3.63, 3.8) is 0 Å². The van der Waals surface area contributed by atoms with Crippen LogP contribution in [0.2, 0.25) is 0 Å². The van der Waals surface area contributed by atoms with E-state index in [1.54, 1.807) is 15.7 Å². The van der Waals surface area contributed by atoms with E-state index in [0.717, 1.165) is 40.8 Å². The van der Waals surface area contributed by atoms with E-state index < -0.39 is 0 Å². The molecular formula is C25H26N4O3S. The lowest BCUT2D eigenvalue weighted by Crippen LogP contribution is -2.38. The number of pyridine rings is 2. The lowest BCUT2D eigenvalue weighted by molar-refractivity contribution is 0.0739. The topological polar surface area (TPSA) is 67.7 Å². The molecule has 0 spiro atoms. The number of thiophene rings is 1. The molecule has 0 saturated carbocycles. The molecule has 4 aromatic rings. The zero-order valence-electron chi connectivity index (χ0n) is 18.9. The van der Waals surface area contributed by atoms with Gasteiger partial charge in [-0.1, -0.05) is 24.3 Å². The molecule has 0 bridgehead atoms. The first-order valence-electron chi connectivity index (χ1n) is 11.0. The maximum absolute atomic E-state index is 13.8. The van der Waals surface area contributed by atoms with E-state index in [9.17, 15) is 9.59 Å². The second kappa shape index (κ2) is 8.61. The Morgan fingerprint density at radius 3 is 2.73 bits per heavy atom. The highest BCUT2D eigenvalue weighted by Crippen LogP contribution is 2.40. The zero-order chi connectivity index (χ0) is 23.1. The maximum Gasteiger partial charge on any atom is 0.267 e. The molecule has 5 rings (SSSR count). The van der Waals surface area contributed by atoms with Gasteiger partial charge in [0.15, 0.2) is 5.75 Å². The molecule has 1 atom stereocenters. The van der Waals surface area contributed by atoms with Gasteiger partial charge >= 0.3 is 0 Å². The Hall–Kier alpha value is -3.23. The summed E-state index contributed by atoms with van der Waals surface area (Å²) in [5.41, 5.74) is 1.43. The predicted molar refractivity (Wildman–Crippen MR) is 131 cm³/mol. The molecule has 170 valence electrons. The van der Waals surface area contributed by atoms with Gasteiger partial charge < -0.3 is 19.1 Å². The van der Waals surface area contributed by atoms with Gasteiger partial charge in [-0.3, -0.25) is 14.6 Å². The van der Waals surface area contributed by atoms with Crippen molar-refractivity contribution in [2.75, 3.05) is 34.3 Å². The molecule has 1 unspecified atom stereocenters. The number of carbonyl (C=O) groups is 1. The molecule has 1 aromatic carbocycles. The Balaban J connectivity index is 1.70. The summed E-state index contributed by atoms with van der Waals surface area (Å²) in [4.78, 5) is 36.2. The molecule has 3 aromatic heterocycles. The Morgan fingerprint density at radius 1 is 1.24 bits per heavy atom. The van der Waals surface area contributed by atoms with E-state index in [-0.39, 0.29) is 17.5 Å². The van der Waals surface area contributed by atoms with Gasteiger partial charge in [0.2, 0.25) is 0 Å². The lowest BCUT2D eigenvalue weighted by atomic mass is 10.1. The average Bonchev–Trinajstić information content (AvgIpc) is 3.45. The molecule has 0 radical (unpaired) electrons. The fraction of sp³-hybridized carbons (Fsp3) is 0.320. The maximum atomic E-state index is 13.8. The minimum absolute atomic E-state index is 0.104. The summed E-state index contributed by atoms with van der Waals surface area (Å²) in [6.07, 6.45) is 2.66. The number of carbonyl (C=O) groups excluding carboxylic acids is 1. The van der Waals surface area contributed by atoms with Crippen molar-refractivity contribution >= 4 is 38.2 Å². The predicted octanol–water partition coefficient (Wildman–Crippen LogP) is 3.44. The molecular weight excluding hydrogens is 436 g/mol. The molecule has 1 aliphatic heterocycles. The second-order valence-electron chi connectivity index (χ2n) is 8.52. The van der Waals surface area contributed by atoms with E-state index in [2.05, 4.69) is 16.9 Å². The van der Waals surface area contributed by atoms with Crippen LogP contribution in [0, 0.1) is 0 Å². The highest BCUT2D eigenvalue weighted by Gasteiger charge is 2.31. The average molecular weight is 463 g/mol. The van der Waals surface area contributed by atoms with Crippen LogP contribution in [0.5, 0.6) is 5.75 Å². The first-order chi connectivity index (χ1) is 16.0. The van der Waals surface area contributed by atoms with Gasteiger partial charge in [0, 0.05) is 31.2 Å². The summed E-state index contributed by atoms with van der Waals surface area (Å²) in [6.45, 7) is 2.15. The van der Waals surface area contributed by atoms with Crippen molar-refractivity contribution in [1.82, 2.24) is 19.4 Å². The number of ether oxygens (including phenoxy) is 1.